The molecule has 0 heterocycles. The van der Waals surface area contributed by atoms with Crippen LogP contribution in [0.2, 0.25) is 0 Å². The third kappa shape index (κ3) is 8.12. The molecule has 7 heteroatoms. The molecular weight excluding hydrogens is 457 g/mol. The van der Waals surface area contributed by atoms with Crippen LogP contribution in [0.25, 0.3) is 0 Å². The molecule has 0 amide bonds. The molecule has 2 rings (SSSR count). The van der Waals surface area contributed by atoms with E-state index in [0.29, 0.717) is 17.7 Å². The molecule has 0 fully saturated rings. The summed E-state index contributed by atoms with van der Waals surface area (Å²) in [4.78, 5) is 23.5. The molecule has 1 aromatic rings. The monoisotopic (exact) mass is 488 g/mol. The molecule has 188 valence electrons. The van der Waals surface area contributed by atoms with E-state index in [1.807, 2.05) is 13.0 Å². The van der Waals surface area contributed by atoms with Crippen LogP contribution in [-0.2, 0) is 11.0 Å². The van der Waals surface area contributed by atoms with Gasteiger partial charge in [-0.1, -0.05) is 55.4 Å². The van der Waals surface area contributed by atoms with Crippen molar-refractivity contribution in [1.82, 2.24) is 0 Å². The number of allylic oxidation sites excluding steroid dienone is 9. The van der Waals surface area contributed by atoms with Gasteiger partial charge in [0.2, 0.25) is 0 Å². The Morgan fingerprint density at radius 1 is 1.11 bits per heavy atom. The highest BCUT2D eigenvalue weighted by molar-refractivity contribution is 5.93. The van der Waals surface area contributed by atoms with Gasteiger partial charge in [0.05, 0.1) is 5.56 Å². The number of ether oxygens (including phenoxy) is 1. The highest BCUT2D eigenvalue weighted by atomic mass is 19.4. The van der Waals surface area contributed by atoms with E-state index < -0.39 is 35.0 Å². The van der Waals surface area contributed by atoms with Gasteiger partial charge in [-0.25, -0.2) is 9.59 Å². The average molecular weight is 489 g/mol. The minimum atomic E-state index is -4.71. The SMILES string of the molecule is CC(C=CC1=C(C)CCCC1(C)C)=CC=CC(C)=CC(=O)Oc1ccc(C(F)(F)F)cc1C(=O)O. The standard InChI is InChI=1S/C28H31F3O4/c1-18(11-13-23-20(3)10-7-15-27(23,4)5)8-6-9-19(2)16-25(32)35-24-14-12-21(28(29,30)31)17-22(24)26(33)34/h6,8-9,11-14,16-17H,7,10,15H2,1-5H3,(H,33,34). The molecule has 1 N–H and O–H groups in total. The van der Waals surface area contributed by atoms with Gasteiger partial charge < -0.3 is 9.84 Å². The Kier molecular flexibility index (Phi) is 9.07. The molecule has 0 saturated carbocycles. The highest BCUT2D eigenvalue weighted by Crippen LogP contribution is 2.40. The fourth-order valence-electron chi connectivity index (χ4n) is 3.97. The van der Waals surface area contributed by atoms with Crippen molar-refractivity contribution >= 4 is 11.9 Å². The van der Waals surface area contributed by atoms with E-state index in [9.17, 15) is 27.9 Å². The van der Waals surface area contributed by atoms with Gasteiger partial charge in [0.1, 0.15) is 11.3 Å². The third-order valence-corrected chi connectivity index (χ3v) is 5.87. The van der Waals surface area contributed by atoms with Gasteiger partial charge in [-0.2, -0.15) is 13.2 Å². The first-order valence-corrected chi connectivity index (χ1v) is 11.3. The summed E-state index contributed by atoms with van der Waals surface area (Å²) in [5.74, 6) is -2.98. The number of esters is 1. The van der Waals surface area contributed by atoms with E-state index >= 15 is 0 Å². The first kappa shape index (κ1) is 27.9. The smallest absolute Gasteiger partial charge is 0.416 e. The zero-order valence-electron chi connectivity index (χ0n) is 20.6. The minimum absolute atomic E-state index is 0.155. The van der Waals surface area contributed by atoms with Crippen LogP contribution in [0.15, 0.2) is 76.9 Å². The Morgan fingerprint density at radius 2 is 1.80 bits per heavy atom. The number of halogens is 3. The van der Waals surface area contributed by atoms with Crippen LogP contribution in [0, 0.1) is 5.41 Å². The molecule has 35 heavy (non-hydrogen) atoms. The molecular formula is C28H31F3O4. The number of benzene rings is 1. The lowest BCUT2D eigenvalue weighted by Crippen LogP contribution is -2.19. The number of hydrogen-bond donors (Lipinski definition) is 1. The van der Waals surface area contributed by atoms with Crippen LogP contribution in [0.1, 0.15) is 69.8 Å². The summed E-state index contributed by atoms with van der Waals surface area (Å²) >= 11 is 0. The summed E-state index contributed by atoms with van der Waals surface area (Å²) in [6.07, 6.45) is 9.47. The first-order chi connectivity index (χ1) is 16.2. The molecule has 0 aliphatic heterocycles. The lowest BCUT2D eigenvalue weighted by atomic mass is 9.72. The van der Waals surface area contributed by atoms with Crippen molar-refractivity contribution in [3.63, 3.8) is 0 Å². The predicted octanol–water partition coefficient (Wildman–Crippen LogP) is 7.84. The predicted molar refractivity (Wildman–Crippen MR) is 130 cm³/mol. The van der Waals surface area contributed by atoms with Crippen LogP contribution < -0.4 is 4.74 Å². The quantitative estimate of drug-likeness (QED) is 0.184. The van der Waals surface area contributed by atoms with Crippen molar-refractivity contribution in [1.29, 1.82) is 0 Å². The Balaban J connectivity index is 2.08. The van der Waals surface area contributed by atoms with Crippen LogP contribution in [0.5, 0.6) is 5.75 Å². The molecule has 1 aliphatic carbocycles. The number of carbonyl (C=O) groups excluding carboxylic acids is 1. The van der Waals surface area contributed by atoms with E-state index in [0.717, 1.165) is 30.6 Å². The molecule has 0 bridgehead atoms. The zero-order valence-corrected chi connectivity index (χ0v) is 20.6. The summed E-state index contributed by atoms with van der Waals surface area (Å²) in [5.41, 5.74) is 2.60. The van der Waals surface area contributed by atoms with E-state index in [-0.39, 0.29) is 5.41 Å². The van der Waals surface area contributed by atoms with Crippen LogP contribution >= 0.6 is 0 Å². The second-order valence-corrected chi connectivity index (χ2v) is 9.36. The number of aromatic carboxylic acids is 1. The van der Waals surface area contributed by atoms with Gasteiger partial charge in [-0.3, -0.25) is 0 Å². The largest absolute Gasteiger partial charge is 0.478 e. The van der Waals surface area contributed by atoms with Crippen molar-refractivity contribution in [2.24, 2.45) is 5.41 Å². The van der Waals surface area contributed by atoms with Gasteiger partial charge in [0.15, 0.2) is 0 Å². The number of carboxylic acids is 1. The summed E-state index contributed by atoms with van der Waals surface area (Å²) in [5, 5.41) is 9.19. The maximum Gasteiger partial charge on any atom is 0.416 e. The number of carboxylic acid groups (broad SMARTS) is 1. The van der Waals surface area contributed by atoms with Gasteiger partial charge in [-0.05, 0) is 74.8 Å². The summed E-state index contributed by atoms with van der Waals surface area (Å²) < 4.78 is 43.5. The van der Waals surface area contributed by atoms with Crippen LogP contribution in [0.3, 0.4) is 0 Å². The number of carbonyl (C=O) groups is 2. The van der Waals surface area contributed by atoms with Gasteiger partial charge >= 0.3 is 18.1 Å². The Bertz CT molecular complexity index is 1130. The maximum absolute atomic E-state index is 12.8. The molecule has 0 aromatic heterocycles. The van der Waals surface area contributed by atoms with E-state index in [1.54, 1.807) is 19.1 Å². The first-order valence-electron chi connectivity index (χ1n) is 11.3. The minimum Gasteiger partial charge on any atom is -0.478 e. The second-order valence-electron chi connectivity index (χ2n) is 9.36. The number of rotatable bonds is 7. The van der Waals surface area contributed by atoms with Crippen LogP contribution in [-0.4, -0.2) is 17.0 Å². The molecule has 0 saturated heterocycles. The Morgan fingerprint density at radius 3 is 2.40 bits per heavy atom. The van der Waals surface area contributed by atoms with E-state index in [1.165, 1.54) is 17.6 Å². The summed E-state index contributed by atoms with van der Waals surface area (Å²) in [7, 11) is 0. The van der Waals surface area contributed by atoms with Crippen LogP contribution in [0.4, 0.5) is 13.2 Å². The Labute approximate surface area is 204 Å². The van der Waals surface area contributed by atoms with Crippen molar-refractivity contribution in [3.8, 4) is 5.75 Å². The van der Waals surface area contributed by atoms with E-state index in [2.05, 4.69) is 32.9 Å². The van der Waals surface area contributed by atoms with Crippen molar-refractivity contribution in [2.45, 2.75) is 60.1 Å². The molecule has 4 nitrogen and oxygen atoms in total. The van der Waals surface area contributed by atoms with Crippen molar-refractivity contribution < 1.29 is 32.6 Å². The zero-order chi connectivity index (χ0) is 26.4. The lowest BCUT2D eigenvalue weighted by Gasteiger charge is -2.32. The molecule has 1 aromatic carbocycles. The fraction of sp³-hybridized carbons (Fsp3) is 0.357. The normalized spacial score (nSPS) is 17.4. The summed E-state index contributed by atoms with van der Waals surface area (Å²) in [6, 6.07) is 1.93. The Hall–Kier alpha value is -3.35. The van der Waals surface area contributed by atoms with Gasteiger partial charge in [-0.15, -0.1) is 0 Å². The van der Waals surface area contributed by atoms with Crippen molar-refractivity contribution in [2.75, 3.05) is 0 Å². The molecule has 0 atom stereocenters. The average Bonchev–Trinajstić information content (AvgIpc) is 2.72. The molecule has 0 unspecified atom stereocenters. The molecule has 0 radical (unpaired) electrons. The van der Waals surface area contributed by atoms with Crippen molar-refractivity contribution in [3.05, 3.63) is 88.1 Å². The fourth-order valence-corrected chi connectivity index (χ4v) is 3.97. The van der Waals surface area contributed by atoms with Gasteiger partial charge in [0.25, 0.3) is 0 Å². The van der Waals surface area contributed by atoms with Gasteiger partial charge in [0, 0.05) is 6.08 Å². The topological polar surface area (TPSA) is 63.6 Å². The maximum atomic E-state index is 12.8. The molecule has 0 spiro atoms. The third-order valence-electron chi connectivity index (χ3n) is 5.87. The summed E-state index contributed by atoms with van der Waals surface area (Å²) in [6.45, 7) is 10.3. The molecule has 1 aliphatic rings. The lowest BCUT2D eigenvalue weighted by molar-refractivity contribution is -0.137. The van der Waals surface area contributed by atoms with E-state index in [4.69, 9.17) is 4.74 Å². The number of alkyl halides is 3. The second kappa shape index (κ2) is 11.4. The number of hydrogen-bond acceptors (Lipinski definition) is 3. The highest BCUT2D eigenvalue weighted by Gasteiger charge is 2.32.